The Morgan fingerprint density at radius 1 is 1.12 bits per heavy atom. The number of halogens is 3. The monoisotopic (exact) mass is 239 g/mol. The van der Waals surface area contributed by atoms with Crippen molar-refractivity contribution in [2.45, 2.75) is 0 Å². The Morgan fingerprint density at radius 2 is 1.76 bits per heavy atom. The van der Waals surface area contributed by atoms with Gasteiger partial charge in [-0.25, -0.2) is 13.2 Å². The van der Waals surface area contributed by atoms with Crippen LogP contribution in [-0.4, -0.2) is 4.98 Å². The molecule has 1 heterocycles. The maximum absolute atomic E-state index is 13.3. The number of hydrogen-bond acceptors (Lipinski definition) is 3. The SMILES string of the molecule is Nc1cnccc1Nc1c(F)cc(F)cc1F. The minimum Gasteiger partial charge on any atom is -0.396 e. The number of anilines is 3. The van der Waals surface area contributed by atoms with Gasteiger partial charge in [0.15, 0.2) is 11.6 Å². The molecule has 2 rings (SSSR count). The first-order chi connectivity index (χ1) is 8.08. The number of aromatic nitrogens is 1. The summed E-state index contributed by atoms with van der Waals surface area (Å²) in [4.78, 5) is 3.73. The van der Waals surface area contributed by atoms with Crippen molar-refractivity contribution in [3.63, 3.8) is 0 Å². The van der Waals surface area contributed by atoms with E-state index in [4.69, 9.17) is 5.73 Å². The molecule has 0 saturated carbocycles. The molecule has 0 saturated heterocycles. The molecule has 0 unspecified atom stereocenters. The topological polar surface area (TPSA) is 50.9 Å². The van der Waals surface area contributed by atoms with Gasteiger partial charge in [-0.15, -0.1) is 0 Å². The largest absolute Gasteiger partial charge is 0.396 e. The zero-order valence-electron chi connectivity index (χ0n) is 8.55. The maximum atomic E-state index is 13.3. The van der Waals surface area contributed by atoms with E-state index in [1.165, 1.54) is 18.5 Å². The molecule has 0 aliphatic heterocycles. The molecule has 17 heavy (non-hydrogen) atoms. The zero-order valence-corrected chi connectivity index (χ0v) is 8.55. The molecule has 3 nitrogen and oxygen atoms in total. The lowest BCUT2D eigenvalue weighted by Crippen LogP contribution is -2.01. The van der Waals surface area contributed by atoms with Crippen LogP contribution in [-0.2, 0) is 0 Å². The number of nitrogens with two attached hydrogens (primary N) is 1. The van der Waals surface area contributed by atoms with Gasteiger partial charge in [0.05, 0.1) is 17.6 Å². The number of hydrogen-bond donors (Lipinski definition) is 2. The Morgan fingerprint density at radius 3 is 2.35 bits per heavy atom. The smallest absolute Gasteiger partial charge is 0.152 e. The van der Waals surface area contributed by atoms with Gasteiger partial charge in [0.2, 0.25) is 0 Å². The molecule has 0 spiro atoms. The van der Waals surface area contributed by atoms with Gasteiger partial charge < -0.3 is 11.1 Å². The fourth-order valence-corrected chi connectivity index (χ4v) is 1.32. The van der Waals surface area contributed by atoms with Crippen LogP contribution >= 0.6 is 0 Å². The Hall–Kier alpha value is -2.24. The Labute approximate surface area is 95.1 Å². The van der Waals surface area contributed by atoms with Crippen molar-refractivity contribution < 1.29 is 13.2 Å². The van der Waals surface area contributed by atoms with E-state index in [2.05, 4.69) is 10.3 Å². The second-order valence-corrected chi connectivity index (χ2v) is 3.33. The third kappa shape index (κ3) is 2.30. The summed E-state index contributed by atoms with van der Waals surface area (Å²) >= 11 is 0. The predicted octanol–water partition coefficient (Wildman–Crippen LogP) is 2.82. The highest BCUT2D eigenvalue weighted by Gasteiger charge is 2.12. The number of nitrogens with zero attached hydrogens (tertiary/aromatic N) is 1. The van der Waals surface area contributed by atoms with Gasteiger partial charge >= 0.3 is 0 Å². The summed E-state index contributed by atoms with van der Waals surface area (Å²) in [6, 6.07) is 2.63. The Bertz CT molecular complexity index is 534. The molecule has 3 N–H and O–H groups in total. The van der Waals surface area contributed by atoms with Crippen LogP contribution in [0.15, 0.2) is 30.6 Å². The molecule has 1 aromatic heterocycles. The summed E-state index contributed by atoms with van der Waals surface area (Å²) in [5.41, 5.74) is 5.63. The molecule has 1 aromatic carbocycles. The van der Waals surface area contributed by atoms with E-state index in [1.807, 2.05) is 0 Å². The lowest BCUT2D eigenvalue weighted by molar-refractivity contribution is 0.549. The normalized spacial score (nSPS) is 10.3. The van der Waals surface area contributed by atoms with E-state index in [0.717, 1.165) is 0 Å². The molecule has 0 amide bonds. The van der Waals surface area contributed by atoms with Gasteiger partial charge in [0.25, 0.3) is 0 Å². The molecular weight excluding hydrogens is 231 g/mol. The fraction of sp³-hybridized carbons (Fsp3) is 0. The van der Waals surface area contributed by atoms with E-state index >= 15 is 0 Å². The zero-order chi connectivity index (χ0) is 12.4. The van der Waals surface area contributed by atoms with Crippen LogP contribution in [0.1, 0.15) is 0 Å². The summed E-state index contributed by atoms with van der Waals surface area (Å²) in [5, 5.41) is 2.45. The quantitative estimate of drug-likeness (QED) is 0.847. The molecule has 2 aromatic rings. The van der Waals surface area contributed by atoms with Crippen molar-refractivity contribution in [3.05, 3.63) is 48.0 Å². The van der Waals surface area contributed by atoms with Crippen molar-refractivity contribution in [2.75, 3.05) is 11.1 Å². The van der Waals surface area contributed by atoms with E-state index in [-0.39, 0.29) is 5.69 Å². The van der Waals surface area contributed by atoms with Gasteiger partial charge in [-0.05, 0) is 6.07 Å². The summed E-state index contributed by atoms with van der Waals surface area (Å²) in [6.07, 6.45) is 2.75. The van der Waals surface area contributed by atoms with Gasteiger partial charge in [-0.2, -0.15) is 0 Å². The van der Waals surface area contributed by atoms with Crippen molar-refractivity contribution in [1.82, 2.24) is 4.98 Å². The van der Waals surface area contributed by atoms with Crippen LogP contribution < -0.4 is 11.1 Å². The molecule has 88 valence electrons. The average Bonchev–Trinajstić information content (AvgIpc) is 2.25. The third-order valence-corrected chi connectivity index (χ3v) is 2.12. The average molecular weight is 239 g/mol. The van der Waals surface area contributed by atoms with E-state index in [0.29, 0.717) is 17.8 Å². The minimum atomic E-state index is -1.03. The molecule has 0 bridgehead atoms. The van der Waals surface area contributed by atoms with Crippen LogP contribution in [0.2, 0.25) is 0 Å². The van der Waals surface area contributed by atoms with Crippen LogP contribution in [0.5, 0.6) is 0 Å². The highest BCUT2D eigenvalue weighted by atomic mass is 19.1. The van der Waals surface area contributed by atoms with Gasteiger partial charge in [0, 0.05) is 18.3 Å². The maximum Gasteiger partial charge on any atom is 0.152 e. The van der Waals surface area contributed by atoms with Crippen molar-refractivity contribution in [2.24, 2.45) is 0 Å². The molecular formula is C11H8F3N3. The number of nitrogen functional groups attached to an aromatic ring is 1. The molecule has 0 fully saturated rings. The summed E-state index contributed by atoms with van der Waals surface area (Å²) in [7, 11) is 0. The highest BCUT2D eigenvalue weighted by molar-refractivity contribution is 5.71. The van der Waals surface area contributed by atoms with E-state index in [9.17, 15) is 13.2 Å². The van der Waals surface area contributed by atoms with Crippen LogP contribution in [0.25, 0.3) is 0 Å². The number of rotatable bonds is 2. The first-order valence-corrected chi connectivity index (χ1v) is 4.69. The molecule has 0 aliphatic carbocycles. The molecule has 0 radical (unpaired) electrons. The third-order valence-electron chi connectivity index (χ3n) is 2.12. The lowest BCUT2D eigenvalue weighted by atomic mass is 10.2. The van der Waals surface area contributed by atoms with Crippen LogP contribution in [0.3, 0.4) is 0 Å². The van der Waals surface area contributed by atoms with Crippen LogP contribution in [0, 0.1) is 17.5 Å². The second kappa shape index (κ2) is 4.32. The predicted molar refractivity (Wildman–Crippen MR) is 58.2 cm³/mol. The molecule has 0 aliphatic rings. The summed E-state index contributed by atoms with van der Waals surface area (Å²) < 4.78 is 39.3. The van der Waals surface area contributed by atoms with E-state index in [1.54, 1.807) is 0 Å². The van der Waals surface area contributed by atoms with Crippen molar-refractivity contribution in [3.8, 4) is 0 Å². The standard InChI is InChI=1S/C11H8F3N3/c12-6-3-7(13)11(8(14)4-6)17-10-1-2-16-5-9(10)15/h1-5H,15H2,(H,16,17). The van der Waals surface area contributed by atoms with Gasteiger partial charge in [0.1, 0.15) is 11.5 Å². The fourth-order valence-electron chi connectivity index (χ4n) is 1.32. The molecule has 0 atom stereocenters. The minimum absolute atomic E-state index is 0.232. The Balaban J connectivity index is 2.40. The van der Waals surface area contributed by atoms with E-state index < -0.39 is 23.1 Å². The van der Waals surface area contributed by atoms with Crippen molar-refractivity contribution in [1.29, 1.82) is 0 Å². The highest BCUT2D eigenvalue weighted by Crippen LogP contribution is 2.26. The lowest BCUT2D eigenvalue weighted by Gasteiger charge is -2.10. The first kappa shape index (κ1) is 11.3. The Kier molecular flexibility index (Phi) is 2.86. The van der Waals surface area contributed by atoms with Gasteiger partial charge in [-0.1, -0.05) is 0 Å². The number of benzene rings is 1. The van der Waals surface area contributed by atoms with Crippen LogP contribution in [0.4, 0.5) is 30.2 Å². The second-order valence-electron chi connectivity index (χ2n) is 3.33. The summed E-state index contributed by atoms with van der Waals surface area (Å²) in [6.45, 7) is 0. The first-order valence-electron chi connectivity index (χ1n) is 4.69. The number of nitrogens with one attached hydrogen (secondary N) is 1. The summed E-state index contributed by atoms with van der Waals surface area (Å²) in [5.74, 6) is -3.04. The molecule has 6 heteroatoms. The van der Waals surface area contributed by atoms with Crippen molar-refractivity contribution >= 4 is 17.1 Å². The number of pyridine rings is 1. The van der Waals surface area contributed by atoms with Gasteiger partial charge in [-0.3, -0.25) is 4.98 Å².